The highest BCUT2D eigenvalue weighted by atomic mass is 35.5. The van der Waals surface area contributed by atoms with Gasteiger partial charge in [-0.05, 0) is 70.8 Å². The van der Waals surface area contributed by atoms with Crippen molar-refractivity contribution in [2.24, 2.45) is 46.3 Å². The summed E-state index contributed by atoms with van der Waals surface area (Å²) in [7, 11) is 0. The average Bonchev–Trinajstić information content (AvgIpc) is 2.45. The lowest BCUT2D eigenvalue weighted by Crippen LogP contribution is -2.58. The fraction of sp³-hybridized carbons (Fsp3) is 1.00. The van der Waals surface area contributed by atoms with Gasteiger partial charge in [-0.15, -0.1) is 0 Å². The lowest BCUT2D eigenvalue weighted by Gasteiger charge is -2.65. The Morgan fingerprint density at radius 2 is 1.09 bits per heavy atom. The van der Waals surface area contributed by atoms with E-state index in [0.717, 1.165) is 47.1 Å². The predicted octanol–water partition coefficient (Wildman–Crippen LogP) is 6.36. The van der Waals surface area contributed by atoms with Crippen molar-refractivity contribution in [3.63, 3.8) is 0 Å². The SMILES string of the molecule is C[C@H]1[C@@H](B(Cl)[C@H]2C[C@@H]3C[C@H]([C@H]2C)C3(C)C)C[C@@H]2C[C@H]1C2(C)C. The summed E-state index contributed by atoms with van der Waals surface area (Å²) in [5, 5.41) is 0. The summed E-state index contributed by atoms with van der Waals surface area (Å²) >= 11 is 7.19. The van der Waals surface area contributed by atoms with E-state index in [4.69, 9.17) is 11.5 Å². The molecule has 0 spiro atoms. The Kier molecular flexibility index (Phi) is 3.39. The van der Waals surface area contributed by atoms with Crippen LogP contribution in [0.15, 0.2) is 0 Å². The molecule has 2 heteroatoms. The van der Waals surface area contributed by atoms with E-state index in [9.17, 15) is 0 Å². The molecule has 0 N–H and O–H groups in total. The molecule has 0 saturated heterocycles. The number of fused-ring (bicyclic) bond motifs is 4. The molecule has 0 aromatic heterocycles. The maximum absolute atomic E-state index is 7.19. The molecule has 6 fully saturated rings. The zero-order valence-corrected chi connectivity index (χ0v) is 16.2. The summed E-state index contributed by atoms with van der Waals surface area (Å²) < 4.78 is 0. The van der Waals surface area contributed by atoms with Crippen LogP contribution in [-0.4, -0.2) is 6.13 Å². The van der Waals surface area contributed by atoms with Gasteiger partial charge in [-0.1, -0.05) is 54.4 Å². The first-order valence-electron chi connectivity index (χ1n) is 9.79. The van der Waals surface area contributed by atoms with E-state index in [2.05, 4.69) is 41.5 Å². The standard InChI is InChI=1S/C20H34BCl/c1-11-15-7-13(19(15,3)4)9-17(11)21(22)18-10-14-8-16(12(18)2)20(14,5)6/h11-18H,7-10H2,1-6H3/t11-,12-,13+,14+,15-,16-,17+,18+/m1/s1. The summed E-state index contributed by atoms with van der Waals surface area (Å²) in [4.78, 5) is 0. The molecule has 0 unspecified atom stereocenters. The van der Waals surface area contributed by atoms with Crippen LogP contribution in [0.3, 0.4) is 0 Å². The van der Waals surface area contributed by atoms with Gasteiger partial charge in [0.15, 0.2) is 0 Å². The quantitative estimate of drug-likeness (QED) is 0.519. The van der Waals surface area contributed by atoms with Crippen LogP contribution in [0.25, 0.3) is 0 Å². The van der Waals surface area contributed by atoms with Crippen LogP contribution in [0.4, 0.5) is 0 Å². The molecular formula is C20H34BCl. The minimum atomic E-state index is 0.438. The van der Waals surface area contributed by atoms with Gasteiger partial charge in [-0.25, -0.2) is 0 Å². The number of hydrogen-bond acceptors (Lipinski definition) is 0. The molecule has 0 aliphatic heterocycles. The molecule has 0 aromatic carbocycles. The van der Waals surface area contributed by atoms with E-state index in [1.165, 1.54) is 25.7 Å². The average molecular weight is 321 g/mol. The van der Waals surface area contributed by atoms with Crippen LogP contribution in [0.2, 0.25) is 11.6 Å². The van der Waals surface area contributed by atoms with Crippen molar-refractivity contribution in [1.29, 1.82) is 0 Å². The lowest BCUT2D eigenvalue weighted by molar-refractivity contribution is -0.106. The first-order valence-corrected chi connectivity index (χ1v) is 10.2. The van der Waals surface area contributed by atoms with Gasteiger partial charge >= 0.3 is 0 Å². The molecule has 6 aliphatic carbocycles. The largest absolute Gasteiger partial charge is 0.257 e. The van der Waals surface area contributed by atoms with Crippen molar-refractivity contribution in [2.75, 3.05) is 0 Å². The van der Waals surface area contributed by atoms with Gasteiger partial charge in [0.25, 0.3) is 6.13 Å². The predicted molar refractivity (Wildman–Crippen MR) is 97.4 cm³/mol. The third kappa shape index (κ3) is 1.84. The van der Waals surface area contributed by atoms with E-state index < -0.39 is 0 Å². The Bertz CT molecular complexity index is 428. The zero-order valence-electron chi connectivity index (χ0n) is 15.4. The van der Waals surface area contributed by atoms with Crippen LogP contribution in [-0.2, 0) is 0 Å². The molecule has 0 nitrogen and oxygen atoms in total. The van der Waals surface area contributed by atoms with E-state index in [1.807, 2.05) is 0 Å². The second kappa shape index (κ2) is 4.71. The fourth-order valence-electron chi connectivity index (χ4n) is 7.54. The Hall–Kier alpha value is 0.355. The highest BCUT2D eigenvalue weighted by molar-refractivity contribution is 7.08. The Balaban J connectivity index is 1.49. The number of hydrogen-bond donors (Lipinski definition) is 0. The van der Waals surface area contributed by atoms with Gasteiger partial charge in [0, 0.05) is 0 Å². The smallest absolute Gasteiger partial charge is 0.195 e. The minimum absolute atomic E-state index is 0.438. The molecular weight excluding hydrogens is 286 g/mol. The molecule has 6 rings (SSSR count). The number of rotatable bonds is 2. The van der Waals surface area contributed by atoms with Crippen molar-refractivity contribution >= 4 is 17.6 Å². The second-order valence-electron chi connectivity index (χ2n) is 10.7. The van der Waals surface area contributed by atoms with Gasteiger partial charge in [0.2, 0.25) is 0 Å². The molecule has 0 amide bonds. The van der Waals surface area contributed by atoms with E-state index in [0.29, 0.717) is 17.0 Å². The molecule has 22 heavy (non-hydrogen) atoms. The molecule has 6 saturated carbocycles. The van der Waals surface area contributed by atoms with Gasteiger partial charge < -0.3 is 0 Å². The third-order valence-corrected chi connectivity index (χ3v) is 10.3. The third-order valence-electron chi connectivity index (χ3n) is 9.64. The van der Waals surface area contributed by atoms with Gasteiger partial charge in [0.1, 0.15) is 0 Å². The van der Waals surface area contributed by atoms with Gasteiger partial charge in [-0.2, -0.15) is 11.5 Å². The van der Waals surface area contributed by atoms with Crippen molar-refractivity contribution < 1.29 is 0 Å². The Labute approximate surface area is 143 Å². The molecule has 0 aromatic rings. The Morgan fingerprint density at radius 1 is 0.727 bits per heavy atom. The monoisotopic (exact) mass is 320 g/mol. The van der Waals surface area contributed by atoms with Crippen LogP contribution >= 0.6 is 11.5 Å². The van der Waals surface area contributed by atoms with Crippen LogP contribution in [0.1, 0.15) is 67.2 Å². The highest BCUT2D eigenvalue weighted by Gasteiger charge is 2.62. The Morgan fingerprint density at radius 3 is 1.36 bits per heavy atom. The molecule has 8 atom stereocenters. The normalized spacial score (nSPS) is 54.1. The van der Waals surface area contributed by atoms with Crippen molar-refractivity contribution in [1.82, 2.24) is 0 Å². The zero-order chi connectivity index (χ0) is 16.0. The topological polar surface area (TPSA) is 0 Å². The maximum atomic E-state index is 7.19. The van der Waals surface area contributed by atoms with Crippen molar-refractivity contribution in [3.05, 3.63) is 0 Å². The fourth-order valence-corrected chi connectivity index (χ4v) is 8.20. The van der Waals surface area contributed by atoms with Gasteiger partial charge in [-0.3, -0.25) is 0 Å². The summed E-state index contributed by atoms with van der Waals surface area (Å²) in [5.41, 5.74) is 1.18. The van der Waals surface area contributed by atoms with Gasteiger partial charge in [0.05, 0.1) is 0 Å². The second-order valence-corrected chi connectivity index (χ2v) is 11.2. The van der Waals surface area contributed by atoms with Crippen molar-refractivity contribution in [3.8, 4) is 0 Å². The number of halogens is 1. The van der Waals surface area contributed by atoms with Crippen molar-refractivity contribution in [2.45, 2.75) is 78.9 Å². The van der Waals surface area contributed by atoms with Crippen LogP contribution in [0.5, 0.6) is 0 Å². The summed E-state index contributed by atoms with van der Waals surface area (Å²) in [6.07, 6.45) is 6.20. The summed E-state index contributed by atoms with van der Waals surface area (Å²) in [6, 6.07) is 0. The van der Waals surface area contributed by atoms with E-state index in [-0.39, 0.29) is 0 Å². The maximum Gasteiger partial charge on any atom is 0.257 e. The molecule has 124 valence electrons. The van der Waals surface area contributed by atoms with Crippen LogP contribution in [0, 0.1) is 46.3 Å². The first kappa shape index (κ1) is 15.9. The summed E-state index contributed by atoms with van der Waals surface area (Å²) in [5.74, 6) is 7.00. The molecule has 6 aliphatic rings. The first-order chi connectivity index (χ1) is 10.2. The highest BCUT2D eigenvalue weighted by Crippen LogP contribution is 2.69. The van der Waals surface area contributed by atoms with Crippen LogP contribution < -0.4 is 0 Å². The van der Waals surface area contributed by atoms with E-state index >= 15 is 0 Å². The lowest BCUT2D eigenvalue weighted by atomic mass is 9.30. The molecule has 0 radical (unpaired) electrons. The molecule has 0 heterocycles. The van der Waals surface area contributed by atoms with E-state index in [1.54, 1.807) is 0 Å². The molecule has 4 bridgehead atoms. The summed E-state index contributed by atoms with van der Waals surface area (Å²) in [6.45, 7) is 15.0. The minimum Gasteiger partial charge on any atom is -0.195 e.